The van der Waals surface area contributed by atoms with Crippen LogP contribution in [0, 0.1) is 0 Å². The van der Waals surface area contributed by atoms with Gasteiger partial charge in [0.25, 0.3) is 0 Å². The minimum atomic E-state index is -3.64. The molecule has 2 rings (SSSR count). The maximum Gasteiger partial charge on any atom is 0.240 e. The Kier molecular flexibility index (Phi) is 6.45. The highest BCUT2D eigenvalue weighted by Gasteiger charge is 2.22. The summed E-state index contributed by atoms with van der Waals surface area (Å²) in [6.45, 7) is 2.10. The van der Waals surface area contributed by atoms with Gasteiger partial charge in [-0.1, -0.05) is 61.0 Å². The second-order valence-electron chi connectivity index (χ2n) is 5.84. The molecule has 0 fully saturated rings. The maximum atomic E-state index is 12.3. The molecule has 134 valence electrons. The van der Waals surface area contributed by atoms with Gasteiger partial charge in [-0.15, -0.1) is 0 Å². The second kappa shape index (κ2) is 8.36. The zero-order valence-corrected chi connectivity index (χ0v) is 15.7. The zero-order valence-electron chi connectivity index (χ0n) is 14.1. The van der Waals surface area contributed by atoms with Crippen LogP contribution < -0.4 is 9.62 Å². The molecule has 2 aromatic rings. The van der Waals surface area contributed by atoms with Crippen LogP contribution in [0.1, 0.15) is 18.4 Å². The van der Waals surface area contributed by atoms with Gasteiger partial charge >= 0.3 is 0 Å². The fourth-order valence-electron chi connectivity index (χ4n) is 2.39. The average molecular weight is 381 g/mol. The lowest BCUT2D eigenvalue weighted by atomic mass is 10.0. The number of nitrogens with zero attached hydrogens (tertiary/aromatic N) is 1. The number of sulfonamides is 1. The molecule has 0 saturated heterocycles. The van der Waals surface area contributed by atoms with E-state index in [-0.39, 0.29) is 29.1 Å². The molecule has 0 spiro atoms. The van der Waals surface area contributed by atoms with Crippen LogP contribution >= 0.6 is 11.6 Å². The van der Waals surface area contributed by atoms with Crippen molar-refractivity contribution in [1.29, 1.82) is 0 Å². The SMILES string of the molecule is CC(CNC(=O)CN(c1ccccc1Cl)S(C)(=O)=O)c1ccccc1. The van der Waals surface area contributed by atoms with Crippen LogP contribution in [0.3, 0.4) is 0 Å². The number of benzene rings is 2. The summed E-state index contributed by atoms with van der Waals surface area (Å²) in [5, 5.41) is 3.06. The van der Waals surface area contributed by atoms with Crippen molar-refractivity contribution in [2.45, 2.75) is 12.8 Å². The summed E-state index contributed by atoms with van der Waals surface area (Å²) < 4.78 is 25.1. The van der Waals surface area contributed by atoms with Gasteiger partial charge in [-0.3, -0.25) is 9.10 Å². The summed E-state index contributed by atoms with van der Waals surface area (Å²) in [4.78, 5) is 12.3. The van der Waals surface area contributed by atoms with Crippen LogP contribution in [-0.4, -0.2) is 33.7 Å². The lowest BCUT2D eigenvalue weighted by molar-refractivity contribution is -0.119. The van der Waals surface area contributed by atoms with Gasteiger partial charge in [0, 0.05) is 6.54 Å². The van der Waals surface area contributed by atoms with Crippen molar-refractivity contribution in [3.8, 4) is 0 Å². The quantitative estimate of drug-likeness (QED) is 0.802. The van der Waals surface area contributed by atoms with Crippen molar-refractivity contribution in [3.63, 3.8) is 0 Å². The van der Waals surface area contributed by atoms with Crippen molar-refractivity contribution in [2.24, 2.45) is 0 Å². The molecular formula is C18H21ClN2O3S. The van der Waals surface area contributed by atoms with Gasteiger partial charge in [0.15, 0.2) is 0 Å². The third kappa shape index (κ3) is 5.47. The molecule has 5 nitrogen and oxygen atoms in total. The molecule has 0 aliphatic heterocycles. The molecule has 0 saturated carbocycles. The molecule has 0 radical (unpaired) electrons. The van der Waals surface area contributed by atoms with Crippen LogP contribution in [0.25, 0.3) is 0 Å². The van der Waals surface area contributed by atoms with E-state index in [2.05, 4.69) is 5.32 Å². The number of nitrogens with one attached hydrogen (secondary N) is 1. The number of para-hydroxylation sites is 1. The monoisotopic (exact) mass is 380 g/mol. The molecule has 0 aliphatic rings. The summed E-state index contributed by atoms with van der Waals surface area (Å²) in [5.74, 6) is -0.259. The second-order valence-corrected chi connectivity index (χ2v) is 8.15. The summed E-state index contributed by atoms with van der Waals surface area (Å²) in [7, 11) is -3.64. The minimum absolute atomic E-state index is 0.122. The number of anilines is 1. The van der Waals surface area contributed by atoms with E-state index in [9.17, 15) is 13.2 Å². The van der Waals surface area contributed by atoms with Gasteiger partial charge in [0.05, 0.1) is 17.0 Å². The van der Waals surface area contributed by atoms with Crippen LogP contribution in [0.5, 0.6) is 0 Å². The fourth-order valence-corrected chi connectivity index (χ4v) is 3.54. The van der Waals surface area contributed by atoms with Crippen molar-refractivity contribution < 1.29 is 13.2 Å². The van der Waals surface area contributed by atoms with Crippen molar-refractivity contribution in [2.75, 3.05) is 23.7 Å². The molecule has 0 aromatic heterocycles. The molecule has 0 bridgehead atoms. The number of carbonyl (C=O) groups is 1. The highest BCUT2D eigenvalue weighted by Crippen LogP contribution is 2.26. The van der Waals surface area contributed by atoms with Gasteiger partial charge in [-0.05, 0) is 23.6 Å². The topological polar surface area (TPSA) is 66.5 Å². The first-order chi connectivity index (χ1) is 11.8. The lowest BCUT2D eigenvalue weighted by Crippen LogP contribution is -2.41. The first-order valence-electron chi connectivity index (χ1n) is 7.83. The molecule has 1 amide bonds. The molecule has 0 aliphatic carbocycles. The van der Waals surface area contributed by atoms with Crippen LogP contribution in [0.4, 0.5) is 5.69 Å². The van der Waals surface area contributed by atoms with Crippen molar-refractivity contribution >= 4 is 33.2 Å². The van der Waals surface area contributed by atoms with Gasteiger partial charge in [-0.25, -0.2) is 8.42 Å². The molecule has 1 unspecified atom stereocenters. The normalized spacial score (nSPS) is 12.4. The van der Waals surface area contributed by atoms with E-state index in [4.69, 9.17) is 11.6 Å². The van der Waals surface area contributed by atoms with E-state index in [1.54, 1.807) is 24.3 Å². The molecular weight excluding hydrogens is 360 g/mol. The summed E-state index contributed by atoms with van der Waals surface area (Å²) >= 11 is 6.08. The van der Waals surface area contributed by atoms with E-state index in [0.29, 0.717) is 6.54 Å². The number of amides is 1. The van der Waals surface area contributed by atoms with E-state index in [0.717, 1.165) is 16.1 Å². The minimum Gasteiger partial charge on any atom is -0.354 e. The largest absolute Gasteiger partial charge is 0.354 e. The Morgan fingerprint density at radius 3 is 2.32 bits per heavy atom. The van der Waals surface area contributed by atoms with Crippen molar-refractivity contribution in [3.05, 3.63) is 65.2 Å². The molecule has 0 heterocycles. The average Bonchev–Trinajstić information content (AvgIpc) is 2.58. The highest BCUT2D eigenvalue weighted by atomic mass is 35.5. The van der Waals surface area contributed by atoms with E-state index >= 15 is 0 Å². The number of hydrogen-bond donors (Lipinski definition) is 1. The van der Waals surface area contributed by atoms with Gasteiger partial charge < -0.3 is 5.32 Å². The molecule has 1 atom stereocenters. The third-order valence-corrected chi connectivity index (χ3v) is 5.23. The maximum absolute atomic E-state index is 12.3. The third-order valence-electron chi connectivity index (χ3n) is 3.78. The van der Waals surface area contributed by atoms with Crippen LogP contribution in [-0.2, 0) is 14.8 Å². The number of rotatable bonds is 7. The van der Waals surface area contributed by atoms with E-state index < -0.39 is 10.0 Å². The van der Waals surface area contributed by atoms with Gasteiger partial charge in [-0.2, -0.15) is 0 Å². The van der Waals surface area contributed by atoms with Gasteiger partial charge in [0.2, 0.25) is 15.9 Å². The molecule has 25 heavy (non-hydrogen) atoms. The zero-order chi connectivity index (χ0) is 18.4. The smallest absolute Gasteiger partial charge is 0.240 e. The number of carbonyl (C=O) groups excluding carboxylic acids is 1. The van der Waals surface area contributed by atoms with Crippen molar-refractivity contribution in [1.82, 2.24) is 5.32 Å². The molecule has 7 heteroatoms. The first-order valence-corrected chi connectivity index (χ1v) is 10.1. The Bertz CT molecular complexity index is 825. The molecule has 2 aromatic carbocycles. The Balaban J connectivity index is 2.05. The van der Waals surface area contributed by atoms with E-state index in [1.807, 2.05) is 37.3 Å². The Morgan fingerprint density at radius 2 is 1.72 bits per heavy atom. The summed E-state index contributed by atoms with van der Waals surface area (Å²) in [5.41, 5.74) is 1.40. The Labute approximate surface area is 153 Å². The number of halogens is 1. The highest BCUT2D eigenvalue weighted by molar-refractivity contribution is 7.92. The van der Waals surface area contributed by atoms with E-state index in [1.165, 1.54) is 0 Å². The summed E-state index contributed by atoms with van der Waals surface area (Å²) in [6.07, 6.45) is 1.05. The standard InChI is InChI=1S/C18H21ClN2O3S/c1-14(15-8-4-3-5-9-15)12-20-18(22)13-21(25(2,23)24)17-11-7-6-10-16(17)19/h3-11,14H,12-13H2,1-2H3,(H,20,22). The first kappa shape index (κ1) is 19.3. The fraction of sp³-hybridized carbons (Fsp3) is 0.278. The Morgan fingerprint density at radius 1 is 1.12 bits per heavy atom. The van der Waals surface area contributed by atoms with Crippen LogP contribution in [0.2, 0.25) is 5.02 Å². The molecule has 1 N–H and O–H groups in total. The lowest BCUT2D eigenvalue weighted by Gasteiger charge is -2.23. The van der Waals surface area contributed by atoms with Crippen LogP contribution in [0.15, 0.2) is 54.6 Å². The van der Waals surface area contributed by atoms with Gasteiger partial charge in [0.1, 0.15) is 6.54 Å². The predicted molar refractivity (Wildman–Crippen MR) is 102 cm³/mol. The summed E-state index contributed by atoms with van der Waals surface area (Å²) in [6, 6.07) is 16.3. The predicted octanol–water partition coefficient (Wildman–Crippen LogP) is 3.03. The number of hydrogen-bond acceptors (Lipinski definition) is 3. The Hall–Kier alpha value is -2.05.